The van der Waals surface area contributed by atoms with Gasteiger partial charge >= 0.3 is 0 Å². The molecule has 0 aliphatic heterocycles. The summed E-state index contributed by atoms with van der Waals surface area (Å²) in [6, 6.07) is 9.54. The second kappa shape index (κ2) is 6.54. The third-order valence-corrected chi connectivity index (χ3v) is 4.07. The summed E-state index contributed by atoms with van der Waals surface area (Å²) in [7, 11) is 0. The molecule has 0 spiro atoms. The van der Waals surface area contributed by atoms with Crippen molar-refractivity contribution in [3.63, 3.8) is 0 Å². The van der Waals surface area contributed by atoms with Gasteiger partial charge in [-0.25, -0.2) is 4.39 Å². The number of hydrogen-bond donors (Lipinski definition) is 3. The Balaban J connectivity index is 2.31. The summed E-state index contributed by atoms with van der Waals surface area (Å²) in [6.07, 6.45) is 0.501. The van der Waals surface area contributed by atoms with Gasteiger partial charge in [-0.05, 0) is 47.9 Å². The molecule has 1 atom stereocenters. The van der Waals surface area contributed by atoms with E-state index in [1.165, 1.54) is 12.1 Å². The van der Waals surface area contributed by atoms with E-state index in [0.717, 1.165) is 15.6 Å². The van der Waals surface area contributed by atoms with E-state index >= 15 is 0 Å². The van der Waals surface area contributed by atoms with Crippen LogP contribution >= 0.6 is 27.5 Å². The first-order valence-electron chi connectivity index (χ1n) is 5.96. The van der Waals surface area contributed by atoms with Crippen LogP contribution in [0.3, 0.4) is 0 Å². The summed E-state index contributed by atoms with van der Waals surface area (Å²) < 4.78 is 14.1. The highest BCUT2D eigenvalue weighted by atomic mass is 79.9. The van der Waals surface area contributed by atoms with Gasteiger partial charge in [0.2, 0.25) is 0 Å². The van der Waals surface area contributed by atoms with Crippen molar-refractivity contribution in [1.29, 1.82) is 0 Å². The number of nitrogen functional groups attached to an aromatic ring is 1. The van der Waals surface area contributed by atoms with E-state index in [-0.39, 0.29) is 11.9 Å². The third kappa shape index (κ3) is 3.49. The van der Waals surface area contributed by atoms with Crippen LogP contribution in [0.1, 0.15) is 17.2 Å². The summed E-state index contributed by atoms with van der Waals surface area (Å²) in [6.45, 7) is 0. The van der Waals surface area contributed by atoms with E-state index in [4.69, 9.17) is 23.2 Å². The van der Waals surface area contributed by atoms with Crippen molar-refractivity contribution in [3.05, 3.63) is 62.8 Å². The fraction of sp³-hybridized carbons (Fsp3) is 0.143. The molecule has 0 heterocycles. The highest BCUT2D eigenvalue weighted by Gasteiger charge is 2.15. The molecule has 0 radical (unpaired) electrons. The maximum absolute atomic E-state index is 13.3. The number of hydrogen-bond acceptors (Lipinski definition) is 3. The van der Waals surface area contributed by atoms with E-state index in [1.807, 2.05) is 6.07 Å². The van der Waals surface area contributed by atoms with Gasteiger partial charge in [0.05, 0.1) is 6.04 Å². The Bertz CT molecular complexity index is 621. The fourth-order valence-electron chi connectivity index (χ4n) is 2.04. The van der Waals surface area contributed by atoms with Crippen molar-refractivity contribution >= 4 is 33.2 Å². The fourth-order valence-corrected chi connectivity index (χ4v) is 2.63. The van der Waals surface area contributed by atoms with E-state index in [1.54, 1.807) is 18.2 Å². The average molecular weight is 359 g/mol. The summed E-state index contributed by atoms with van der Waals surface area (Å²) in [5.74, 6) is 5.31. The first kappa shape index (κ1) is 15.3. The van der Waals surface area contributed by atoms with Crippen molar-refractivity contribution in [2.45, 2.75) is 12.5 Å². The molecule has 0 saturated carbocycles. The normalized spacial score (nSPS) is 12.4. The molecule has 0 saturated heterocycles. The van der Waals surface area contributed by atoms with Crippen LogP contribution < -0.4 is 17.0 Å². The molecule has 0 bridgehead atoms. The van der Waals surface area contributed by atoms with Crippen LogP contribution in [0.25, 0.3) is 0 Å². The Kier molecular flexibility index (Phi) is 4.99. The number of nitrogens with two attached hydrogens (primary N) is 2. The molecule has 1 unspecified atom stereocenters. The Hall–Kier alpha value is -1.14. The number of nitrogens with one attached hydrogen (secondary N) is 1. The predicted molar refractivity (Wildman–Crippen MR) is 83.7 cm³/mol. The monoisotopic (exact) mass is 357 g/mol. The van der Waals surface area contributed by atoms with Gasteiger partial charge < -0.3 is 5.73 Å². The van der Waals surface area contributed by atoms with Gasteiger partial charge in [-0.2, -0.15) is 0 Å². The SMILES string of the molecule is NNC(Cc1cc(F)ccc1Br)c1ccc(Cl)cc1N. The standard InChI is InChI=1S/C14H14BrClFN3/c15-12-4-2-10(17)5-8(12)6-14(20-19)11-3-1-9(16)7-13(11)18/h1-5,7,14,20H,6,18-19H2. The highest BCUT2D eigenvalue weighted by molar-refractivity contribution is 9.10. The molecule has 0 fully saturated rings. The highest BCUT2D eigenvalue weighted by Crippen LogP contribution is 2.28. The summed E-state index contributed by atoms with van der Waals surface area (Å²) in [5, 5.41) is 0.564. The maximum Gasteiger partial charge on any atom is 0.123 e. The topological polar surface area (TPSA) is 64.1 Å². The zero-order valence-corrected chi connectivity index (χ0v) is 12.9. The number of rotatable bonds is 4. The van der Waals surface area contributed by atoms with E-state index < -0.39 is 0 Å². The smallest absolute Gasteiger partial charge is 0.123 e. The van der Waals surface area contributed by atoms with Crippen LogP contribution in [-0.4, -0.2) is 0 Å². The van der Waals surface area contributed by atoms with Crippen LogP contribution in [0.2, 0.25) is 5.02 Å². The Morgan fingerprint density at radius 2 is 2.00 bits per heavy atom. The lowest BCUT2D eigenvalue weighted by Gasteiger charge is -2.19. The van der Waals surface area contributed by atoms with Gasteiger partial charge in [0.25, 0.3) is 0 Å². The summed E-state index contributed by atoms with van der Waals surface area (Å²) in [5.41, 5.74) is 10.8. The molecule has 2 aromatic carbocycles. The second-order valence-corrected chi connectivity index (χ2v) is 5.72. The van der Waals surface area contributed by atoms with Crippen LogP contribution in [0.5, 0.6) is 0 Å². The van der Waals surface area contributed by atoms with Gasteiger partial charge in [-0.1, -0.05) is 33.6 Å². The largest absolute Gasteiger partial charge is 0.398 e. The van der Waals surface area contributed by atoms with E-state index in [2.05, 4.69) is 21.4 Å². The first-order valence-corrected chi connectivity index (χ1v) is 7.13. The first-order chi connectivity index (χ1) is 9.51. The number of hydrazine groups is 1. The summed E-state index contributed by atoms with van der Waals surface area (Å²) in [4.78, 5) is 0. The Labute approximate surface area is 130 Å². The van der Waals surface area contributed by atoms with Gasteiger partial charge in [-0.3, -0.25) is 11.3 Å². The van der Waals surface area contributed by atoms with Crippen molar-refractivity contribution in [1.82, 2.24) is 5.43 Å². The minimum atomic E-state index is -0.289. The zero-order chi connectivity index (χ0) is 14.7. The summed E-state index contributed by atoms with van der Waals surface area (Å²) >= 11 is 9.29. The van der Waals surface area contributed by atoms with Crippen molar-refractivity contribution in [2.75, 3.05) is 5.73 Å². The Morgan fingerprint density at radius 3 is 2.65 bits per heavy atom. The average Bonchev–Trinajstić information content (AvgIpc) is 2.40. The minimum Gasteiger partial charge on any atom is -0.398 e. The molecule has 20 heavy (non-hydrogen) atoms. The molecule has 5 N–H and O–H groups in total. The molecule has 0 aliphatic carbocycles. The molecule has 106 valence electrons. The van der Waals surface area contributed by atoms with Gasteiger partial charge in [0, 0.05) is 15.2 Å². The minimum absolute atomic E-state index is 0.231. The van der Waals surface area contributed by atoms with Crippen molar-refractivity contribution < 1.29 is 4.39 Å². The zero-order valence-electron chi connectivity index (χ0n) is 10.5. The van der Waals surface area contributed by atoms with Crippen LogP contribution in [-0.2, 0) is 6.42 Å². The number of benzene rings is 2. The van der Waals surface area contributed by atoms with Gasteiger partial charge in [0.15, 0.2) is 0 Å². The lowest BCUT2D eigenvalue weighted by Crippen LogP contribution is -2.30. The molecule has 3 nitrogen and oxygen atoms in total. The number of anilines is 1. The molecule has 0 aromatic heterocycles. The second-order valence-electron chi connectivity index (χ2n) is 4.43. The third-order valence-electron chi connectivity index (χ3n) is 3.06. The lowest BCUT2D eigenvalue weighted by atomic mass is 9.98. The lowest BCUT2D eigenvalue weighted by molar-refractivity contribution is 0.549. The molecule has 2 rings (SSSR count). The van der Waals surface area contributed by atoms with Crippen molar-refractivity contribution in [3.8, 4) is 0 Å². The van der Waals surface area contributed by atoms with Crippen LogP contribution in [0, 0.1) is 5.82 Å². The molecule has 6 heteroatoms. The molecule has 0 amide bonds. The predicted octanol–water partition coefficient (Wildman–Crippen LogP) is 3.57. The van der Waals surface area contributed by atoms with Gasteiger partial charge in [-0.15, -0.1) is 0 Å². The quantitative estimate of drug-likeness (QED) is 0.445. The Morgan fingerprint density at radius 1 is 1.25 bits per heavy atom. The van der Waals surface area contributed by atoms with E-state index in [9.17, 15) is 4.39 Å². The van der Waals surface area contributed by atoms with Crippen LogP contribution in [0.15, 0.2) is 40.9 Å². The van der Waals surface area contributed by atoms with E-state index in [0.29, 0.717) is 17.1 Å². The van der Waals surface area contributed by atoms with Crippen LogP contribution in [0.4, 0.5) is 10.1 Å². The maximum atomic E-state index is 13.3. The molecule has 2 aromatic rings. The van der Waals surface area contributed by atoms with Gasteiger partial charge in [0.1, 0.15) is 5.82 Å². The molecular formula is C14H14BrClFN3. The molecular weight excluding hydrogens is 345 g/mol. The van der Waals surface area contributed by atoms with Crippen molar-refractivity contribution in [2.24, 2.45) is 5.84 Å². The number of halogens is 3. The molecule has 0 aliphatic rings.